The monoisotopic (exact) mass is 248 g/mol. The lowest BCUT2D eigenvalue weighted by molar-refractivity contribution is -0.138. The fourth-order valence-electron chi connectivity index (χ4n) is 2.46. The van der Waals surface area contributed by atoms with Crippen molar-refractivity contribution < 1.29 is 9.90 Å². The Morgan fingerprint density at radius 2 is 1.67 bits per heavy atom. The van der Waals surface area contributed by atoms with Crippen molar-refractivity contribution >= 4 is 5.97 Å². The van der Waals surface area contributed by atoms with Crippen LogP contribution in [0, 0.1) is 33.6 Å². The van der Waals surface area contributed by atoms with Crippen LogP contribution < -0.4 is 0 Å². The molecular formula is C16H24O2. The Hall–Kier alpha value is -1.31. The third-order valence-corrected chi connectivity index (χ3v) is 3.93. The van der Waals surface area contributed by atoms with Crippen molar-refractivity contribution in [1.82, 2.24) is 0 Å². The summed E-state index contributed by atoms with van der Waals surface area (Å²) >= 11 is 0. The zero-order chi connectivity index (χ0) is 13.9. The molecule has 1 aromatic carbocycles. The maximum atomic E-state index is 10.7. The first kappa shape index (κ1) is 14.7. The van der Waals surface area contributed by atoms with Gasteiger partial charge in [0.1, 0.15) is 0 Å². The van der Waals surface area contributed by atoms with Crippen LogP contribution in [0.5, 0.6) is 0 Å². The maximum absolute atomic E-state index is 10.7. The Bertz CT molecular complexity index is 421. The molecule has 0 fully saturated rings. The highest BCUT2D eigenvalue weighted by molar-refractivity contribution is 5.66. The Morgan fingerprint density at radius 1 is 1.17 bits per heavy atom. The van der Waals surface area contributed by atoms with Crippen LogP contribution in [0.4, 0.5) is 0 Å². The van der Waals surface area contributed by atoms with Crippen LogP contribution in [0.3, 0.4) is 0 Å². The summed E-state index contributed by atoms with van der Waals surface area (Å²) in [5, 5.41) is 8.78. The number of aryl methyl sites for hydroxylation is 2. The van der Waals surface area contributed by atoms with E-state index in [1.807, 2.05) is 6.92 Å². The van der Waals surface area contributed by atoms with Crippen molar-refractivity contribution in [2.75, 3.05) is 0 Å². The first-order valence-electron chi connectivity index (χ1n) is 6.61. The van der Waals surface area contributed by atoms with Gasteiger partial charge >= 0.3 is 5.97 Å². The molecule has 1 atom stereocenters. The predicted molar refractivity (Wildman–Crippen MR) is 75.1 cm³/mol. The summed E-state index contributed by atoms with van der Waals surface area (Å²) in [6.45, 7) is 10.6. The number of carbonyl (C=O) groups is 1. The fourth-order valence-corrected chi connectivity index (χ4v) is 2.46. The third-order valence-electron chi connectivity index (χ3n) is 3.93. The van der Waals surface area contributed by atoms with Gasteiger partial charge < -0.3 is 5.11 Å². The van der Waals surface area contributed by atoms with E-state index in [2.05, 4.69) is 33.8 Å². The van der Waals surface area contributed by atoms with Crippen molar-refractivity contribution in [3.05, 3.63) is 33.9 Å². The average Bonchev–Trinajstić information content (AvgIpc) is 2.25. The largest absolute Gasteiger partial charge is 0.481 e. The van der Waals surface area contributed by atoms with Crippen molar-refractivity contribution in [3.8, 4) is 0 Å². The molecule has 2 nitrogen and oxygen atoms in total. The minimum atomic E-state index is -0.698. The number of benzene rings is 1. The van der Waals surface area contributed by atoms with Gasteiger partial charge in [0.2, 0.25) is 0 Å². The third kappa shape index (κ3) is 3.59. The van der Waals surface area contributed by atoms with Crippen LogP contribution in [0.2, 0.25) is 0 Å². The van der Waals surface area contributed by atoms with Gasteiger partial charge in [-0.05, 0) is 74.3 Å². The molecule has 0 spiro atoms. The molecule has 0 heterocycles. The van der Waals surface area contributed by atoms with Gasteiger partial charge in [0.15, 0.2) is 0 Å². The van der Waals surface area contributed by atoms with Gasteiger partial charge in [-0.1, -0.05) is 13.0 Å². The summed E-state index contributed by atoms with van der Waals surface area (Å²) in [4.78, 5) is 10.7. The molecule has 0 saturated carbocycles. The van der Waals surface area contributed by atoms with E-state index < -0.39 is 5.97 Å². The molecule has 0 aliphatic rings. The fraction of sp³-hybridized carbons (Fsp3) is 0.562. The summed E-state index contributed by atoms with van der Waals surface area (Å²) in [5.74, 6) is -0.460. The van der Waals surface area contributed by atoms with Gasteiger partial charge in [-0.2, -0.15) is 0 Å². The Balaban J connectivity index is 2.82. The molecule has 0 aliphatic carbocycles. The van der Waals surface area contributed by atoms with Crippen molar-refractivity contribution in [3.63, 3.8) is 0 Å². The van der Waals surface area contributed by atoms with Crippen molar-refractivity contribution in [2.24, 2.45) is 5.92 Å². The topological polar surface area (TPSA) is 37.3 Å². The number of hydrogen-bond acceptors (Lipinski definition) is 1. The molecule has 18 heavy (non-hydrogen) atoms. The van der Waals surface area contributed by atoms with Gasteiger partial charge in [0.25, 0.3) is 0 Å². The summed E-state index contributed by atoms with van der Waals surface area (Å²) < 4.78 is 0. The van der Waals surface area contributed by atoms with Crippen LogP contribution in [-0.4, -0.2) is 11.1 Å². The highest BCUT2D eigenvalue weighted by atomic mass is 16.4. The minimum absolute atomic E-state index is 0.238. The first-order valence-corrected chi connectivity index (χ1v) is 6.61. The summed E-state index contributed by atoms with van der Waals surface area (Å²) in [5.41, 5.74) is 6.80. The maximum Gasteiger partial charge on any atom is 0.303 e. The normalized spacial score (nSPS) is 12.5. The number of carboxylic acids is 1. The second kappa shape index (κ2) is 6.03. The number of rotatable bonds is 5. The van der Waals surface area contributed by atoms with E-state index >= 15 is 0 Å². The van der Waals surface area contributed by atoms with Crippen molar-refractivity contribution in [2.45, 2.75) is 53.9 Å². The van der Waals surface area contributed by atoms with Gasteiger partial charge in [0, 0.05) is 6.42 Å². The highest BCUT2D eigenvalue weighted by Gasteiger charge is 2.12. The molecule has 1 rings (SSSR count). The van der Waals surface area contributed by atoms with Gasteiger partial charge in [-0.25, -0.2) is 0 Å². The molecule has 1 unspecified atom stereocenters. The van der Waals surface area contributed by atoms with Crippen LogP contribution in [0.25, 0.3) is 0 Å². The predicted octanol–water partition coefficient (Wildman–Crippen LogP) is 3.96. The quantitative estimate of drug-likeness (QED) is 0.856. The molecule has 1 aromatic rings. The van der Waals surface area contributed by atoms with E-state index in [1.54, 1.807) is 0 Å². The molecule has 0 saturated heterocycles. The molecular weight excluding hydrogens is 224 g/mol. The molecule has 1 N–H and O–H groups in total. The SMILES string of the molecule is Cc1cc(C)c(C)c(CCC(C)CC(=O)O)c1C. The summed E-state index contributed by atoms with van der Waals surface area (Å²) in [7, 11) is 0. The Morgan fingerprint density at radius 3 is 2.11 bits per heavy atom. The van der Waals surface area contributed by atoms with Crippen LogP contribution >= 0.6 is 0 Å². The summed E-state index contributed by atoms with van der Waals surface area (Å²) in [6.07, 6.45) is 2.19. The molecule has 0 aromatic heterocycles. The smallest absolute Gasteiger partial charge is 0.303 e. The van der Waals surface area contributed by atoms with Crippen molar-refractivity contribution in [1.29, 1.82) is 0 Å². The van der Waals surface area contributed by atoms with E-state index in [-0.39, 0.29) is 12.3 Å². The lowest BCUT2D eigenvalue weighted by Gasteiger charge is -2.17. The van der Waals surface area contributed by atoms with E-state index in [4.69, 9.17) is 5.11 Å². The zero-order valence-electron chi connectivity index (χ0n) is 12.1. The van der Waals surface area contributed by atoms with Gasteiger partial charge in [-0.15, -0.1) is 0 Å². The number of aliphatic carboxylic acids is 1. The molecule has 0 radical (unpaired) electrons. The molecule has 0 amide bonds. The van der Waals surface area contributed by atoms with E-state index in [0.717, 1.165) is 12.8 Å². The number of carboxylic acid groups (broad SMARTS) is 1. The van der Waals surface area contributed by atoms with Crippen LogP contribution in [-0.2, 0) is 11.2 Å². The second-order valence-corrected chi connectivity index (χ2v) is 5.48. The Kier molecular flexibility index (Phi) is 4.94. The average molecular weight is 248 g/mol. The van der Waals surface area contributed by atoms with E-state index in [0.29, 0.717) is 0 Å². The highest BCUT2D eigenvalue weighted by Crippen LogP contribution is 2.24. The van der Waals surface area contributed by atoms with Crippen LogP contribution in [0.15, 0.2) is 6.07 Å². The number of hydrogen-bond donors (Lipinski definition) is 1. The standard InChI is InChI=1S/C16H24O2/c1-10(8-16(17)18)6-7-15-13(4)11(2)9-12(3)14(15)5/h9-10H,6-8H2,1-5H3,(H,17,18). The first-order chi connectivity index (χ1) is 8.32. The van der Waals surface area contributed by atoms with Gasteiger partial charge in [0.05, 0.1) is 0 Å². The molecule has 2 heteroatoms. The summed E-state index contributed by atoms with van der Waals surface area (Å²) in [6, 6.07) is 2.23. The van der Waals surface area contributed by atoms with E-state index in [9.17, 15) is 4.79 Å². The van der Waals surface area contributed by atoms with E-state index in [1.165, 1.54) is 27.8 Å². The zero-order valence-corrected chi connectivity index (χ0v) is 12.1. The minimum Gasteiger partial charge on any atom is -0.481 e. The second-order valence-electron chi connectivity index (χ2n) is 5.48. The van der Waals surface area contributed by atoms with Gasteiger partial charge in [-0.3, -0.25) is 4.79 Å². The molecule has 100 valence electrons. The Labute approximate surface area is 110 Å². The molecule has 0 bridgehead atoms. The molecule has 0 aliphatic heterocycles. The lowest BCUT2D eigenvalue weighted by atomic mass is 9.89. The lowest BCUT2D eigenvalue weighted by Crippen LogP contribution is -2.07. The van der Waals surface area contributed by atoms with Crippen LogP contribution in [0.1, 0.15) is 47.6 Å².